The summed E-state index contributed by atoms with van der Waals surface area (Å²) in [5.41, 5.74) is 0.428. The van der Waals surface area contributed by atoms with Crippen LogP contribution in [0.1, 0.15) is 20.9 Å². The standard InChI is InChI=1S/C13H9BrO5/c1-17-11-6-8(7-15)2-3-9(11)19-13(16)10-4-5-12(14)18-10/h2-7H,1H3. The number of halogens is 1. The van der Waals surface area contributed by atoms with Gasteiger partial charge in [-0.2, -0.15) is 0 Å². The average Bonchev–Trinajstić information content (AvgIpc) is 2.86. The molecule has 2 rings (SSSR count). The number of rotatable bonds is 4. The minimum absolute atomic E-state index is 0.0633. The first kappa shape index (κ1) is 13.4. The molecule has 6 heteroatoms. The van der Waals surface area contributed by atoms with Crippen LogP contribution < -0.4 is 9.47 Å². The highest BCUT2D eigenvalue weighted by atomic mass is 79.9. The van der Waals surface area contributed by atoms with Crippen molar-refractivity contribution in [3.63, 3.8) is 0 Å². The third-order valence-corrected chi connectivity index (χ3v) is 2.73. The van der Waals surface area contributed by atoms with Crippen molar-refractivity contribution in [2.24, 2.45) is 0 Å². The normalized spacial score (nSPS) is 10.0. The molecular weight excluding hydrogens is 316 g/mol. The minimum atomic E-state index is -0.650. The molecule has 1 aromatic carbocycles. The van der Waals surface area contributed by atoms with Gasteiger partial charge in [-0.3, -0.25) is 4.79 Å². The lowest BCUT2D eigenvalue weighted by Gasteiger charge is -2.08. The van der Waals surface area contributed by atoms with E-state index < -0.39 is 5.97 Å². The van der Waals surface area contributed by atoms with E-state index in [4.69, 9.17) is 13.9 Å². The molecule has 0 aliphatic carbocycles. The molecule has 98 valence electrons. The van der Waals surface area contributed by atoms with Crippen LogP contribution >= 0.6 is 15.9 Å². The van der Waals surface area contributed by atoms with Gasteiger partial charge in [-0.25, -0.2) is 4.79 Å². The fourth-order valence-corrected chi connectivity index (χ4v) is 1.72. The molecule has 0 atom stereocenters. The van der Waals surface area contributed by atoms with Crippen LogP contribution in [0.3, 0.4) is 0 Å². The van der Waals surface area contributed by atoms with E-state index in [0.717, 1.165) is 0 Å². The zero-order valence-electron chi connectivity index (χ0n) is 9.88. The first-order valence-corrected chi connectivity index (χ1v) is 6.04. The highest BCUT2D eigenvalue weighted by Crippen LogP contribution is 2.28. The lowest BCUT2D eigenvalue weighted by atomic mass is 10.2. The van der Waals surface area contributed by atoms with Crippen molar-refractivity contribution in [1.82, 2.24) is 0 Å². The summed E-state index contributed by atoms with van der Waals surface area (Å²) < 4.78 is 15.7. The van der Waals surface area contributed by atoms with Crippen LogP contribution in [-0.4, -0.2) is 19.4 Å². The number of aldehydes is 1. The maximum Gasteiger partial charge on any atom is 0.379 e. The number of hydrogen-bond donors (Lipinski definition) is 0. The van der Waals surface area contributed by atoms with Crippen LogP contribution in [0.2, 0.25) is 0 Å². The van der Waals surface area contributed by atoms with E-state index in [1.54, 1.807) is 6.07 Å². The number of carbonyl (C=O) groups excluding carboxylic acids is 2. The summed E-state index contributed by atoms with van der Waals surface area (Å²) >= 11 is 3.09. The second-order valence-electron chi connectivity index (χ2n) is 3.52. The number of ether oxygens (including phenoxy) is 2. The number of benzene rings is 1. The van der Waals surface area contributed by atoms with Gasteiger partial charge in [0.15, 0.2) is 16.2 Å². The van der Waals surface area contributed by atoms with Crippen molar-refractivity contribution in [3.05, 3.63) is 46.3 Å². The van der Waals surface area contributed by atoms with Crippen molar-refractivity contribution in [3.8, 4) is 11.5 Å². The van der Waals surface area contributed by atoms with Gasteiger partial charge in [-0.1, -0.05) is 0 Å². The molecule has 0 amide bonds. The van der Waals surface area contributed by atoms with E-state index in [9.17, 15) is 9.59 Å². The quantitative estimate of drug-likeness (QED) is 0.491. The predicted molar refractivity (Wildman–Crippen MR) is 69.7 cm³/mol. The third kappa shape index (κ3) is 3.03. The number of esters is 1. The van der Waals surface area contributed by atoms with Gasteiger partial charge in [0.1, 0.15) is 6.29 Å². The van der Waals surface area contributed by atoms with Gasteiger partial charge in [0.25, 0.3) is 0 Å². The van der Waals surface area contributed by atoms with Gasteiger partial charge in [0.2, 0.25) is 5.76 Å². The number of methoxy groups -OCH3 is 1. The van der Waals surface area contributed by atoms with E-state index in [2.05, 4.69) is 15.9 Å². The molecule has 2 aromatic rings. The fraction of sp³-hybridized carbons (Fsp3) is 0.0769. The van der Waals surface area contributed by atoms with Crippen LogP contribution in [0.5, 0.6) is 11.5 Å². The lowest BCUT2D eigenvalue weighted by Crippen LogP contribution is -2.08. The Morgan fingerprint density at radius 1 is 1.26 bits per heavy atom. The molecule has 5 nitrogen and oxygen atoms in total. The SMILES string of the molecule is COc1cc(C=O)ccc1OC(=O)c1ccc(Br)o1. The van der Waals surface area contributed by atoms with Gasteiger partial charge >= 0.3 is 5.97 Å². The molecule has 1 aromatic heterocycles. The maximum absolute atomic E-state index is 11.8. The molecule has 0 saturated carbocycles. The number of hydrogen-bond acceptors (Lipinski definition) is 5. The second-order valence-corrected chi connectivity index (χ2v) is 4.30. The summed E-state index contributed by atoms with van der Waals surface area (Å²) in [5.74, 6) is -0.0783. The highest BCUT2D eigenvalue weighted by molar-refractivity contribution is 9.10. The smallest absolute Gasteiger partial charge is 0.379 e. The largest absolute Gasteiger partial charge is 0.493 e. The molecule has 0 aliphatic rings. The van der Waals surface area contributed by atoms with Crippen LogP contribution in [0.15, 0.2) is 39.4 Å². The summed E-state index contributed by atoms with van der Waals surface area (Å²) in [7, 11) is 1.42. The van der Waals surface area contributed by atoms with Crippen LogP contribution in [0.4, 0.5) is 0 Å². The van der Waals surface area contributed by atoms with Crippen LogP contribution in [-0.2, 0) is 0 Å². The Bertz CT molecular complexity index is 617. The Morgan fingerprint density at radius 3 is 2.63 bits per heavy atom. The molecule has 19 heavy (non-hydrogen) atoms. The molecule has 0 bridgehead atoms. The van der Waals surface area contributed by atoms with E-state index >= 15 is 0 Å². The highest BCUT2D eigenvalue weighted by Gasteiger charge is 2.16. The maximum atomic E-state index is 11.8. The molecule has 0 spiro atoms. The van der Waals surface area contributed by atoms with Crippen molar-refractivity contribution in [1.29, 1.82) is 0 Å². The fourth-order valence-electron chi connectivity index (χ4n) is 1.42. The molecule has 0 saturated heterocycles. The molecule has 1 heterocycles. The van der Waals surface area contributed by atoms with Gasteiger partial charge < -0.3 is 13.9 Å². The van der Waals surface area contributed by atoms with Gasteiger partial charge in [-0.05, 0) is 46.3 Å². The van der Waals surface area contributed by atoms with Crippen molar-refractivity contribution in [2.45, 2.75) is 0 Å². The Hall–Kier alpha value is -2.08. The lowest BCUT2D eigenvalue weighted by molar-refractivity contribution is 0.0695. The van der Waals surface area contributed by atoms with Gasteiger partial charge in [0, 0.05) is 5.56 Å². The molecule has 0 unspecified atom stereocenters. The predicted octanol–water partition coefficient (Wildman–Crippen LogP) is 3.08. The summed E-state index contributed by atoms with van der Waals surface area (Å²) in [6.07, 6.45) is 0.678. The molecule has 0 N–H and O–H groups in total. The zero-order chi connectivity index (χ0) is 13.8. The van der Waals surface area contributed by atoms with E-state index in [1.165, 1.54) is 31.4 Å². The summed E-state index contributed by atoms with van der Waals surface area (Å²) in [5, 5.41) is 0. The van der Waals surface area contributed by atoms with Gasteiger partial charge in [0.05, 0.1) is 7.11 Å². The monoisotopic (exact) mass is 324 g/mol. The zero-order valence-corrected chi connectivity index (χ0v) is 11.5. The first-order chi connectivity index (χ1) is 9.13. The summed E-state index contributed by atoms with van der Waals surface area (Å²) in [4.78, 5) is 22.4. The van der Waals surface area contributed by atoms with Crippen molar-refractivity contribution >= 4 is 28.2 Å². The number of carbonyl (C=O) groups is 2. The Kier molecular flexibility index (Phi) is 4.01. The molecular formula is C13H9BrO5. The Morgan fingerprint density at radius 2 is 2.05 bits per heavy atom. The first-order valence-electron chi connectivity index (χ1n) is 5.25. The molecule has 0 aliphatic heterocycles. The van der Waals surface area contributed by atoms with E-state index in [-0.39, 0.29) is 11.5 Å². The second kappa shape index (κ2) is 5.71. The Balaban J connectivity index is 2.23. The molecule has 0 fully saturated rings. The number of furan rings is 1. The third-order valence-electron chi connectivity index (χ3n) is 2.30. The summed E-state index contributed by atoms with van der Waals surface area (Å²) in [6.45, 7) is 0. The van der Waals surface area contributed by atoms with Crippen molar-refractivity contribution < 1.29 is 23.5 Å². The minimum Gasteiger partial charge on any atom is -0.493 e. The summed E-state index contributed by atoms with van der Waals surface area (Å²) in [6, 6.07) is 7.56. The van der Waals surface area contributed by atoms with E-state index in [1.807, 2.05) is 0 Å². The average molecular weight is 325 g/mol. The van der Waals surface area contributed by atoms with E-state index in [0.29, 0.717) is 22.3 Å². The van der Waals surface area contributed by atoms with Crippen molar-refractivity contribution in [2.75, 3.05) is 7.11 Å². The topological polar surface area (TPSA) is 65.7 Å². The van der Waals surface area contributed by atoms with Crippen LogP contribution in [0.25, 0.3) is 0 Å². The Labute approximate surface area is 117 Å². The van der Waals surface area contributed by atoms with Gasteiger partial charge in [-0.15, -0.1) is 0 Å². The molecule has 0 radical (unpaired) electrons. The van der Waals surface area contributed by atoms with Crippen LogP contribution in [0, 0.1) is 0 Å².